The molecular weight excluding hydrogens is 150 g/mol. The minimum atomic E-state index is -0.491. The number of ether oxygens (including phenoxy) is 1. The molecule has 58 valence electrons. The largest absolute Gasteiger partial charge is 0.467 e. The summed E-state index contributed by atoms with van der Waals surface area (Å²) in [6.45, 7) is 2.73. The molecule has 1 fully saturated rings. The van der Waals surface area contributed by atoms with E-state index in [1.165, 1.54) is 7.11 Å². The zero-order valence-electron chi connectivity index (χ0n) is 6.14. The number of methoxy groups -OCH3 is 1. The maximum atomic E-state index is 11.0. The summed E-state index contributed by atoms with van der Waals surface area (Å²) in [4.78, 5) is 10.5. The standard InChI is InChI=1S/C6H11NO2S/c1-6(5(8)9-2)7-3-4-10-6/h7H,3-4H2,1-2H3. The Morgan fingerprint density at radius 2 is 2.50 bits per heavy atom. The molecule has 0 aromatic rings. The number of hydrogen-bond acceptors (Lipinski definition) is 4. The van der Waals surface area contributed by atoms with E-state index in [0.29, 0.717) is 0 Å². The number of carbonyl (C=O) groups excluding carboxylic acids is 1. The SMILES string of the molecule is COC(=O)C1(C)NCCS1. The fraction of sp³-hybridized carbons (Fsp3) is 0.833. The van der Waals surface area contributed by atoms with Crippen LogP contribution in [0.1, 0.15) is 6.92 Å². The number of esters is 1. The van der Waals surface area contributed by atoms with Crippen LogP contribution in [-0.4, -0.2) is 30.2 Å². The monoisotopic (exact) mass is 161 g/mol. The predicted molar refractivity (Wildman–Crippen MR) is 40.9 cm³/mol. The molecule has 4 heteroatoms. The molecular formula is C6H11NO2S. The van der Waals surface area contributed by atoms with Gasteiger partial charge in [0.1, 0.15) is 0 Å². The fourth-order valence-corrected chi connectivity index (χ4v) is 1.94. The molecule has 1 rings (SSSR count). The molecule has 1 aliphatic heterocycles. The Labute approximate surface area is 64.5 Å². The smallest absolute Gasteiger partial charge is 0.336 e. The van der Waals surface area contributed by atoms with Crippen molar-refractivity contribution < 1.29 is 9.53 Å². The minimum Gasteiger partial charge on any atom is -0.467 e. The number of rotatable bonds is 1. The molecule has 0 bridgehead atoms. The van der Waals surface area contributed by atoms with E-state index in [0.717, 1.165) is 12.3 Å². The lowest BCUT2D eigenvalue weighted by atomic mass is 10.3. The quantitative estimate of drug-likeness (QED) is 0.558. The maximum absolute atomic E-state index is 11.0. The van der Waals surface area contributed by atoms with Gasteiger partial charge in [0.15, 0.2) is 4.87 Å². The Balaban J connectivity index is 2.58. The van der Waals surface area contributed by atoms with Crippen molar-refractivity contribution in [1.82, 2.24) is 5.32 Å². The third kappa shape index (κ3) is 1.27. The zero-order chi connectivity index (χ0) is 7.61. The van der Waals surface area contributed by atoms with Gasteiger partial charge < -0.3 is 4.74 Å². The van der Waals surface area contributed by atoms with Crippen LogP contribution in [0.15, 0.2) is 0 Å². The molecule has 1 N–H and O–H groups in total. The average molecular weight is 161 g/mol. The first-order valence-electron chi connectivity index (χ1n) is 3.16. The van der Waals surface area contributed by atoms with Crippen LogP contribution in [0.3, 0.4) is 0 Å². The predicted octanol–water partition coefficient (Wildman–Crippen LogP) is 0.212. The number of nitrogens with one attached hydrogen (secondary N) is 1. The Morgan fingerprint density at radius 1 is 1.80 bits per heavy atom. The second-order valence-corrected chi connectivity index (χ2v) is 3.81. The second kappa shape index (κ2) is 2.80. The van der Waals surface area contributed by atoms with Crippen molar-refractivity contribution in [1.29, 1.82) is 0 Å². The lowest BCUT2D eigenvalue weighted by molar-refractivity contribution is -0.143. The minimum absolute atomic E-state index is 0.185. The van der Waals surface area contributed by atoms with Gasteiger partial charge in [0.2, 0.25) is 0 Å². The highest BCUT2D eigenvalue weighted by atomic mass is 32.2. The molecule has 0 aromatic carbocycles. The molecule has 1 aliphatic rings. The van der Waals surface area contributed by atoms with Gasteiger partial charge in [-0.15, -0.1) is 11.8 Å². The zero-order valence-corrected chi connectivity index (χ0v) is 6.96. The maximum Gasteiger partial charge on any atom is 0.336 e. The van der Waals surface area contributed by atoms with Crippen LogP contribution in [0.5, 0.6) is 0 Å². The topological polar surface area (TPSA) is 38.3 Å². The molecule has 0 aliphatic carbocycles. The van der Waals surface area contributed by atoms with Gasteiger partial charge in [-0.2, -0.15) is 0 Å². The molecule has 0 radical (unpaired) electrons. The van der Waals surface area contributed by atoms with Crippen LogP contribution < -0.4 is 5.32 Å². The summed E-state index contributed by atoms with van der Waals surface area (Å²) < 4.78 is 4.61. The van der Waals surface area contributed by atoms with Crippen molar-refractivity contribution in [2.75, 3.05) is 19.4 Å². The number of carbonyl (C=O) groups is 1. The van der Waals surface area contributed by atoms with Gasteiger partial charge in [-0.25, -0.2) is 4.79 Å². The first-order valence-corrected chi connectivity index (χ1v) is 4.15. The fourth-order valence-electron chi connectivity index (χ4n) is 0.922. The summed E-state index contributed by atoms with van der Waals surface area (Å²) >= 11 is 1.59. The van der Waals surface area contributed by atoms with Crippen molar-refractivity contribution in [3.8, 4) is 0 Å². The molecule has 0 amide bonds. The lowest BCUT2D eigenvalue weighted by Gasteiger charge is -2.18. The molecule has 1 unspecified atom stereocenters. The van der Waals surface area contributed by atoms with Crippen molar-refractivity contribution >= 4 is 17.7 Å². The van der Waals surface area contributed by atoms with Crippen LogP contribution in [0.25, 0.3) is 0 Å². The van der Waals surface area contributed by atoms with E-state index in [4.69, 9.17) is 0 Å². The summed E-state index contributed by atoms with van der Waals surface area (Å²) in [5, 5.41) is 3.07. The van der Waals surface area contributed by atoms with E-state index in [1.807, 2.05) is 6.92 Å². The highest BCUT2D eigenvalue weighted by Gasteiger charge is 2.37. The lowest BCUT2D eigenvalue weighted by Crippen LogP contribution is -2.42. The van der Waals surface area contributed by atoms with Crippen molar-refractivity contribution in [3.63, 3.8) is 0 Å². The highest BCUT2D eigenvalue weighted by Crippen LogP contribution is 2.27. The van der Waals surface area contributed by atoms with Crippen LogP contribution in [-0.2, 0) is 9.53 Å². The first-order chi connectivity index (χ1) is 4.69. The first kappa shape index (κ1) is 7.88. The molecule has 1 saturated heterocycles. The van der Waals surface area contributed by atoms with Crippen molar-refractivity contribution in [2.24, 2.45) is 0 Å². The Hall–Kier alpha value is -0.220. The van der Waals surface area contributed by atoms with Gasteiger partial charge >= 0.3 is 5.97 Å². The van der Waals surface area contributed by atoms with Crippen LogP contribution >= 0.6 is 11.8 Å². The molecule has 1 atom stereocenters. The van der Waals surface area contributed by atoms with Gasteiger partial charge in [-0.05, 0) is 6.92 Å². The van der Waals surface area contributed by atoms with E-state index in [-0.39, 0.29) is 5.97 Å². The van der Waals surface area contributed by atoms with Gasteiger partial charge in [0, 0.05) is 12.3 Å². The Bertz CT molecular complexity index is 143. The third-order valence-electron chi connectivity index (χ3n) is 1.53. The van der Waals surface area contributed by atoms with E-state index in [1.54, 1.807) is 11.8 Å². The van der Waals surface area contributed by atoms with Gasteiger partial charge in [0.25, 0.3) is 0 Å². The van der Waals surface area contributed by atoms with E-state index < -0.39 is 4.87 Å². The third-order valence-corrected chi connectivity index (χ3v) is 2.83. The van der Waals surface area contributed by atoms with Gasteiger partial charge in [0.05, 0.1) is 7.11 Å². The van der Waals surface area contributed by atoms with Crippen LogP contribution in [0, 0.1) is 0 Å². The van der Waals surface area contributed by atoms with Crippen LogP contribution in [0.2, 0.25) is 0 Å². The van der Waals surface area contributed by atoms with Gasteiger partial charge in [-0.1, -0.05) is 0 Å². The highest BCUT2D eigenvalue weighted by molar-refractivity contribution is 8.01. The van der Waals surface area contributed by atoms with E-state index in [9.17, 15) is 4.79 Å². The molecule has 0 saturated carbocycles. The van der Waals surface area contributed by atoms with E-state index >= 15 is 0 Å². The van der Waals surface area contributed by atoms with E-state index in [2.05, 4.69) is 10.1 Å². The van der Waals surface area contributed by atoms with Crippen LogP contribution in [0.4, 0.5) is 0 Å². The van der Waals surface area contributed by atoms with Crippen molar-refractivity contribution in [2.45, 2.75) is 11.8 Å². The summed E-state index contributed by atoms with van der Waals surface area (Å²) in [5.74, 6) is 0.793. The number of hydrogen-bond donors (Lipinski definition) is 1. The summed E-state index contributed by atoms with van der Waals surface area (Å²) in [5.41, 5.74) is 0. The summed E-state index contributed by atoms with van der Waals surface area (Å²) in [7, 11) is 1.41. The second-order valence-electron chi connectivity index (χ2n) is 2.30. The van der Waals surface area contributed by atoms with Gasteiger partial charge in [-0.3, -0.25) is 5.32 Å². The molecule has 0 aromatic heterocycles. The summed E-state index contributed by atoms with van der Waals surface area (Å²) in [6, 6.07) is 0. The number of thioether (sulfide) groups is 1. The summed E-state index contributed by atoms with van der Waals surface area (Å²) in [6.07, 6.45) is 0. The normalized spacial score (nSPS) is 32.2. The average Bonchev–Trinajstić information content (AvgIpc) is 2.36. The van der Waals surface area contributed by atoms with Crippen molar-refractivity contribution in [3.05, 3.63) is 0 Å². The Kier molecular flexibility index (Phi) is 2.21. The Morgan fingerprint density at radius 3 is 2.90 bits per heavy atom. The molecule has 3 nitrogen and oxygen atoms in total. The molecule has 0 spiro atoms. The molecule has 1 heterocycles. The molecule has 10 heavy (non-hydrogen) atoms.